The number of rotatable bonds is 14. The third-order valence-corrected chi connectivity index (χ3v) is 9.38. The van der Waals surface area contributed by atoms with Crippen molar-refractivity contribution in [3.8, 4) is 0 Å². The second kappa shape index (κ2) is 19.2. The van der Waals surface area contributed by atoms with Gasteiger partial charge in [0, 0.05) is 0 Å². The van der Waals surface area contributed by atoms with Gasteiger partial charge in [-0.1, -0.05) is 91.0 Å². The summed E-state index contributed by atoms with van der Waals surface area (Å²) in [6.45, 7) is -1.01. The first-order valence-corrected chi connectivity index (χ1v) is 18.6. The maximum absolute atomic E-state index is 13.7. The van der Waals surface area contributed by atoms with Gasteiger partial charge in [0.25, 0.3) is 0 Å². The Balaban J connectivity index is 1.21. The molecule has 0 aromatic heterocycles. The van der Waals surface area contributed by atoms with E-state index < -0.39 is 92.3 Å². The van der Waals surface area contributed by atoms with Crippen LogP contribution >= 0.6 is 0 Å². The van der Waals surface area contributed by atoms with E-state index in [1.807, 2.05) is 0 Å². The maximum atomic E-state index is 13.7. The Morgan fingerprint density at radius 3 is 1.12 bits per heavy atom. The minimum absolute atomic E-state index is 0.137. The number of carbonyl (C=O) groups is 5. The smallest absolute Gasteiger partial charge is 0.338 e. The third kappa shape index (κ3) is 10.1. The minimum atomic E-state index is -1.80. The predicted molar refractivity (Wildman–Crippen MR) is 205 cm³/mol. The fraction of sp³-hybridized carbons (Fsp3) is 0.222. The van der Waals surface area contributed by atoms with Crippen molar-refractivity contribution in [2.45, 2.75) is 49.2 Å². The van der Waals surface area contributed by atoms with Gasteiger partial charge in [-0.25, -0.2) is 24.0 Å². The Morgan fingerprint density at radius 1 is 0.407 bits per heavy atom. The highest BCUT2D eigenvalue weighted by atomic mass is 16.8. The quantitative estimate of drug-likeness (QED) is 0.114. The number of aliphatic hydroxyl groups excluding tert-OH is 1. The Morgan fingerprint density at radius 2 is 0.729 bits per heavy atom. The summed E-state index contributed by atoms with van der Waals surface area (Å²) in [7, 11) is 0. The van der Waals surface area contributed by atoms with Crippen LogP contribution in [0.1, 0.15) is 51.8 Å². The molecule has 5 aromatic carbocycles. The van der Waals surface area contributed by atoms with Gasteiger partial charge in [0.05, 0.1) is 27.8 Å². The van der Waals surface area contributed by atoms with Crippen molar-refractivity contribution in [3.05, 3.63) is 179 Å². The van der Waals surface area contributed by atoms with Gasteiger partial charge in [-0.3, -0.25) is 0 Å². The molecule has 14 nitrogen and oxygen atoms in total. The summed E-state index contributed by atoms with van der Waals surface area (Å²) in [5, 5.41) is 11.2. The van der Waals surface area contributed by atoms with Gasteiger partial charge in [0.1, 0.15) is 31.5 Å². The zero-order chi connectivity index (χ0) is 41.1. The molecule has 14 heteroatoms. The second-order valence-electron chi connectivity index (χ2n) is 13.3. The van der Waals surface area contributed by atoms with Crippen LogP contribution in [0.5, 0.6) is 0 Å². The molecule has 7 rings (SSSR count). The fourth-order valence-corrected chi connectivity index (χ4v) is 6.42. The van der Waals surface area contributed by atoms with Crippen molar-refractivity contribution in [1.29, 1.82) is 0 Å². The van der Waals surface area contributed by atoms with Crippen molar-refractivity contribution in [1.82, 2.24) is 0 Å². The SMILES string of the molecule is O=C(OC[C@@H]1O[C@@H](O)[C@H](OC(=O)c2ccccc2)[C@H]1O[C@@H]1O[C@@H](COC(=O)c2ccccc2)[C@H](OC(=O)c2ccccc2)[C@H]1OC(=O)c1ccccc1)c1ccccc1. The molecule has 1 N–H and O–H groups in total. The van der Waals surface area contributed by atoms with Gasteiger partial charge in [-0.05, 0) is 60.7 Å². The van der Waals surface area contributed by atoms with Crippen LogP contribution in [-0.2, 0) is 37.9 Å². The molecule has 2 heterocycles. The lowest BCUT2D eigenvalue weighted by Gasteiger charge is -2.29. The monoisotopic (exact) mass is 802 g/mol. The summed E-state index contributed by atoms with van der Waals surface area (Å²) < 4.78 is 47.4. The molecule has 59 heavy (non-hydrogen) atoms. The Hall–Kier alpha value is -6.71. The average Bonchev–Trinajstić information content (AvgIpc) is 3.76. The number of benzene rings is 5. The highest BCUT2D eigenvalue weighted by molar-refractivity contribution is 5.91. The Labute approximate surface area is 338 Å². The average molecular weight is 803 g/mol. The van der Waals surface area contributed by atoms with Crippen molar-refractivity contribution in [2.75, 3.05) is 13.2 Å². The highest BCUT2D eigenvalue weighted by Gasteiger charge is 2.56. The van der Waals surface area contributed by atoms with Crippen LogP contribution in [-0.4, -0.2) is 97.4 Å². The minimum Gasteiger partial charge on any atom is -0.459 e. The molecule has 0 unspecified atom stereocenters. The van der Waals surface area contributed by atoms with Gasteiger partial charge >= 0.3 is 29.8 Å². The Bertz CT molecular complexity index is 2190. The van der Waals surface area contributed by atoms with Crippen molar-refractivity contribution < 1.29 is 67.0 Å². The first-order valence-electron chi connectivity index (χ1n) is 18.6. The predicted octanol–water partition coefficient (Wildman–Crippen LogP) is 5.20. The lowest BCUT2D eigenvalue weighted by molar-refractivity contribution is -0.215. The van der Waals surface area contributed by atoms with E-state index in [0.717, 1.165) is 0 Å². The topological polar surface area (TPSA) is 179 Å². The standard InChI is InChI=1S/C45H38O14/c46-39(28-16-6-1-7-17-28)52-26-33-35(37(44(51)54-33)57-42(49)31-22-12-4-13-23-31)59-45-38(58-43(50)32-24-14-5-15-25-32)36(56-41(48)30-20-10-3-11-21-30)34(55-45)27-53-40(47)29-18-8-2-9-19-29/h1-25,33-38,44-45,51H,26-27H2/t33-,34-,35-,36-,37+,38+,44+,45-/m0/s1. The zero-order valence-electron chi connectivity index (χ0n) is 31.2. The number of aliphatic hydroxyl groups is 1. The van der Waals surface area contributed by atoms with Gasteiger partial charge in [-0.15, -0.1) is 0 Å². The molecule has 8 atom stereocenters. The number of hydrogen-bond acceptors (Lipinski definition) is 14. The molecule has 0 aliphatic carbocycles. The summed E-state index contributed by atoms with van der Waals surface area (Å²) in [6.07, 6.45) is -12.1. The molecular weight excluding hydrogens is 764 g/mol. The van der Waals surface area contributed by atoms with Crippen LogP contribution < -0.4 is 0 Å². The van der Waals surface area contributed by atoms with Crippen molar-refractivity contribution in [3.63, 3.8) is 0 Å². The van der Waals surface area contributed by atoms with Crippen LogP contribution in [0.3, 0.4) is 0 Å². The number of carbonyl (C=O) groups excluding carboxylic acids is 5. The van der Waals surface area contributed by atoms with E-state index in [2.05, 4.69) is 0 Å². The normalized spacial score (nSPS) is 23.4. The molecule has 2 aliphatic heterocycles. The summed E-state index contributed by atoms with van der Waals surface area (Å²) in [4.78, 5) is 66.7. The van der Waals surface area contributed by atoms with Crippen LogP contribution in [0.15, 0.2) is 152 Å². The van der Waals surface area contributed by atoms with E-state index in [9.17, 15) is 29.1 Å². The summed E-state index contributed by atoms with van der Waals surface area (Å²) in [6, 6.07) is 40.2. The van der Waals surface area contributed by atoms with E-state index in [1.165, 1.54) is 36.4 Å². The van der Waals surface area contributed by atoms with Crippen LogP contribution in [0, 0.1) is 0 Å². The number of ether oxygens (including phenoxy) is 8. The highest BCUT2D eigenvalue weighted by Crippen LogP contribution is 2.35. The largest absolute Gasteiger partial charge is 0.459 e. The van der Waals surface area contributed by atoms with Crippen LogP contribution in [0.2, 0.25) is 0 Å². The van der Waals surface area contributed by atoms with E-state index in [4.69, 9.17) is 37.9 Å². The number of hydrogen-bond donors (Lipinski definition) is 1. The maximum Gasteiger partial charge on any atom is 0.338 e. The fourth-order valence-electron chi connectivity index (χ4n) is 6.42. The molecule has 2 aliphatic rings. The molecule has 0 bridgehead atoms. The van der Waals surface area contributed by atoms with Gasteiger partial charge in [0.2, 0.25) is 0 Å². The van der Waals surface area contributed by atoms with Gasteiger partial charge in [0.15, 0.2) is 30.9 Å². The molecule has 2 fully saturated rings. The first kappa shape index (κ1) is 40.5. The summed E-state index contributed by atoms with van der Waals surface area (Å²) >= 11 is 0. The van der Waals surface area contributed by atoms with E-state index >= 15 is 0 Å². The molecular formula is C45H38O14. The third-order valence-electron chi connectivity index (χ3n) is 9.38. The van der Waals surface area contributed by atoms with E-state index in [1.54, 1.807) is 115 Å². The molecule has 302 valence electrons. The first-order chi connectivity index (χ1) is 28.7. The van der Waals surface area contributed by atoms with E-state index in [-0.39, 0.29) is 27.8 Å². The Kier molecular flexibility index (Phi) is 13.1. The number of esters is 5. The molecule has 2 saturated heterocycles. The van der Waals surface area contributed by atoms with Crippen molar-refractivity contribution in [2.24, 2.45) is 0 Å². The summed E-state index contributed by atoms with van der Waals surface area (Å²) in [5.74, 6) is -3.94. The van der Waals surface area contributed by atoms with Crippen LogP contribution in [0.4, 0.5) is 0 Å². The van der Waals surface area contributed by atoms with E-state index in [0.29, 0.717) is 0 Å². The lowest BCUT2D eigenvalue weighted by atomic mass is 10.1. The molecule has 0 radical (unpaired) electrons. The molecule has 5 aromatic rings. The van der Waals surface area contributed by atoms with Crippen molar-refractivity contribution >= 4 is 29.8 Å². The summed E-state index contributed by atoms with van der Waals surface area (Å²) in [5.41, 5.74) is 0.913. The second-order valence-corrected chi connectivity index (χ2v) is 13.3. The molecule has 0 amide bonds. The van der Waals surface area contributed by atoms with Gasteiger partial charge < -0.3 is 43.0 Å². The molecule has 0 spiro atoms. The van der Waals surface area contributed by atoms with Gasteiger partial charge in [-0.2, -0.15) is 0 Å². The van der Waals surface area contributed by atoms with Crippen LogP contribution in [0.25, 0.3) is 0 Å². The zero-order valence-corrected chi connectivity index (χ0v) is 31.2. The lowest BCUT2D eigenvalue weighted by Crippen LogP contribution is -2.47. The molecule has 0 saturated carbocycles.